The van der Waals surface area contributed by atoms with Gasteiger partial charge in [-0.3, -0.25) is 0 Å². The van der Waals surface area contributed by atoms with Crippen molar-refractivity contribution in [2.45, 2.75) is 26.3 Å². The summed E-state index contributed by atoms with van der Waals surface area (Å²) in [7, 11) is 2.11. The van der Waals surface area contributed by atoms with Gasteiger partial charge in [0.05, 0.1) is 0 Å². The molecular formula is C18H25N3. The van der Waals surface area contributed by atoms with Gasteiger partial charge in [0.25, 0.3) is 0 Å². The van der Waals surface area contributed by atoms with E-state index in [4.69, 9.17) is 0 Å². The minimum Gasteiger partial charge on any atom is -0.359 e. The highest BCUT2D eigenvalue weighted by Gasteiger charge is 2.04. The third kappa shape index (κ3) is 5.20. The summed E-state index contributed by atoms with van der Waals surface area (Å²) in [5.74, 6) is 1.04. The second kappa shape index (κ2) is 8.42. The average Bonchev–Trinajstić information content (AvgIpc) is 2.54. The molecule has 0 aliphatic rings. The van der Waals surface area contributed by atoms with Crippen molar-refractivity contribution in [2.75, 3.05) is 25.0 Å². The summed E-state index contributed by atoms with van der Waals surface area (Å²) in [6.07, 6.45) is 4.10. The van der Waals surface area contributed by atoms with Crippen LogP contribution >= 0.6 is 0 Å². The third-order valence-electron chi connectivity index (χ3n) is 3.54. The maximum atomic E-state index is 4.48. The van der Waals surface area contributed by atoms with Crippen molar-refractivity contribution < 1.29 is 0 Å². The summed E-state index contributed by atoms with van der Waals surface area (Å²) in [5.41, 5.74) is 2.66. The number of likely N-dealkylation sites (N-methyl/N-ethyl adjacent to an activating group) is 1. The van der Waals surface area contributed by atoms with E-state index in [1.807, 2.05) is 6.20 Å². The van der Waals surface area contributed by atoms with Crippen LogP contribution in [-0.4, -0.2) is 25.1 Å². The van der Waals surface area contributed by atoms with E-state index in [1.54, 1.807) is 0 Å². The second-order valence-electron chi connectivity index (χ2n) is 5.36. The van der Waals surface area contributed by atoms with Crippen LogP contribution < -0.4 is 10.2 Å². The van der Waals surface area contributed by atoms with Gasteiger partial charge in [-0.05, 0) is 42.6 Å². The molecule has 0 spiro atoms. The third-order valence-corrected chi connectivity index (χ3v) is 3.54. The molecule has 2 aromatic rings. The van der Waals surface area contributed by atoms with E-state index in [1.165, 1.54) is 11.1 Å². The molecule has 0 fully saturated rings. The molecule has 21 heavy (non-hydrogen) atoms. The lowest BCUT2D eigenvalue weighted by Crippen LogP contribution is -2.22. The fourth-order valence-corrected chi connectivity index (χ4v) is 2.24. The Bertz CT molecular complexity index is 525. The molecule has 0 saturated heterocycles. The van der Waals surface area contributed by atoms with Crippen LogP contribution in [0.3, 0.4) is 0 Å². The number of nitrogens with one attached hydrogen (secondary N) is 1. The number of rotatable bonds is 8. The zero-order chi connectivity index (χ0) is 14.9. The van der Waals surface area contributed by atoms with Gasteiger partial charge < -0.3 is 10.2 Å². The summed E-state index contributed by atoms with van der Waals surface area (Å²) in [4.78, 5) is 6.70. The molecule has 2 rings (SSSR count). The molecule has 0 bridgehead atoms. The van der Waals surface area contributed by atoms with Crippen molar-refractivity contribution in [3.05, 3.63) is 59.8 Å². The zero-order valence-electron chi connectivity index (χ0n) is 13.0. The highest BCUT2D eigenvalue weighted by Crippen LogP contribution is 2.12. The molecule has 0 atom stereocenters. The maximum absolute atomic E-state index is 4.48. The number of benzene rings is 1. The van der Waals surface area contributed by atoms with Gasteiger partial charge in [-0.25, -0.2) is 4.98 Å². The number of hydrogen-bond donors (Lipinski definition) is 1. The van der Waals surface area contributed by atoms with Crippen molar-refractivity contribution in [1.29, 1.82) is 0 Å². The normalized spacial score (nSPS) is 10.6. The maximum Gasteiger partial charge on any atom is 0.128 e. The highest BCUT2D eigenvalue weighted by molar-refractivity contribution is 5.40. The Morgan fingerprint density at radius 3 is 2.67 bits per heavy atom. The van der Waals surface area contributed by atoms with Gasteiger partial charge in [-0.1, -0.05) is 37.3 Å². The number of anilines is 1. The molecule has 0 amide bonds. The van der Waals surface area contributed by atoms with Crippen LogP contribution in [0.5, 0.6) is 0 Å². The standard InChI is InChI=1S/C18H25N3/c1-3-11-19-15-17-9-12-20-18(14-17)21(2)13-10-16-7-5-4-6-8-16/h4-9,12,14,19H,3,10-11,13,15H2,1-2H3. The Hall–Kier alpha value is -1.87. The SMILES string of the molecule is CCCNCc1ccnc(N(C)CCc2ccccc2)c1. The van der Waals surface area contributed by atoms with Gasteiger partial charge in [0.15, 0.2) is 0 Å². The van der Waals surface area contributed by atoms with Crippen molar-refractivity contribution >= 4 is 5.82 Å². The first-order valence-corrected chi connectivity index (χ1v) is 7.70. The first-order valence-electron chi connectivity index (χ1n) is 7.70. The Balaban J connectivity index is 1.89. The van der Waals surface area contributed by atoms with E-state index in [0.717, 1.165) is 38.3 Å². The number of pyridine rings is 1. The average molecular weight is 283 g/mol. The first kappa shape index (κ1) is 15.5. The minimum absolute atomic E-state index is 0.913. The molecule has 1 N–H and O–H groups in total. The van der Waals surface area contributed by atoms with Crippen LogP contribution in [0, 0.1) is 0 Å². The molecule has 0 unspecified atom stereocenters. The lowest BCUT2D eigenvalue weighted by Gasteiger charge is -2.19. The van der Waals surface area contributed by atoms with Gasteiger partial charge in [0.1, 0.15) is 5.82 Å². The lowest BCUT2D eigenvalue weighted by atomic mass is 10.1. The fraction of sp³-hybridized carbons (Fsp3) is 0.389. The van der Waals surface area contributed by atoms with Crippen molar-refractivity contribution in [3.8, 4) is 0 Å². The summed E-state index contributed by atoms with van der Waals surface area (Å²) in [6.45, 7) is 5.13. The Morgan fingerprint density at radius 1 is 1.10 bits per heavy atom. The largest absolute Gasteiger partial charge is 0.359 e. The number of nitrogens with zero attached hydrogens (tertiary/aromatic N) is 2. The highest BCUT2D eigenvalue weighted by atomic mass is 15.2. The number of aromatic nitrogens is 1. The van der Waals surface area contributed by atoms with Crippen LogP contribution in [-0.2, 0) is 13.0 Å². The summed E-state index contributed by atoms with van der Waals surface area (Å²) < 4.78 is 0. The van der Waals surface area contributed by atoms with E-state index in [9.17, 15) is 0 Å². The molecule has 0 radical (unpaired) electrons. The predicted molar refractivity (Wildman–Crippen MR) is 89.7 cm³/mol. The van der Waals surface area contributed by atoms with Crippen molar-refractivity contribution in [2.24, 2.45) is 0 Å². The topological polar surface area (TPSA) is 28.2 Å². The van der Waals surface area contributed by atoms with Crippen molar-refractivity contribution in [1.82, 2.24) is 10.3 Å². The lowest BCUT2D eigenvalue weighted by molar-refractivity contribution is 0.674. The van der Waals surface area contributed by atoms with Crippen LogP contribution in [0.1, 0.15) is 24.5 Å². The Kier molecular flexibility index (Phi) is 6.22. The Labute approximate surface area is 128 Å². The van der Waals surface area contributed by atoms with Gasteiger partial charge in [0.2, 0.25) is 0 Å². The molecule has 112 valence electrons. The van der Waals surface area contributed by atoms with Crippen LogP contribution in [0.4, 0.5) is 5.82 Å². The van der Waals surface area contributed by atoms with E-state index < -0.39 is 0 Å². The summed E-state index contributed by atoms with van der Waals surface area (Å²) in [6, 6.07) is 14.8. The van der Waals surface area contributed by atoms with E-state index in [0.29, 0.717) is 0 Å². The van der Waals surface area contributed by atoms with Crippen LogP contribution in [0.15, 0.2) is 48.7 Å². The van der Waals surface area contributed by atoms with Gasteiger partial charge >= 0.3 is 0 Å². The fourth-order valence-electron chi connectivity index (χ4n) is 2.24. The smallest absolute Gasteiger partial charge is 0.128 e. The molecule has 1 aromatic heterocycles. The zero-order valence-corrected chi connectivity index (χ0v) is 13.0. The molecule has 0 aliphatic carbocycles. The molecular weight excluding hydrogens is 258 g/mol. The molecule has 1 aromatic carbocycles. The molecule has 1 heterocycles. The van der Waals surface area contributed by atoms with E-state index >= 15 is 0 Å². The van der Waals surface area contributed by atoms with E-state index in [2.05, 4.69) is 71.6 Å². The number of hydrogen-bond acceptors (Lipinski definition) is 3. The predicted octanol–water partition coefficient (Wildman–Crippen LogP) is 3.26. The van der Waals surface area contributed by atoms with Gasteiger partial charge in [0, 0.05) is 26.3 Å². The molecule has 3 nitrogen and oxygen atoms in total. The first-order chi connectivity index (χ1) is 10.3. The second-order valence-corrected chi connectivity index (χ2v) is 5.36. The quantitative estimate of drug-likeness (QED) is 0.754. The monoisotopic (exact) mass is 283 g/mol. The van der Waals surface area contributed by atoms with Gasteiger partial charge in [-0.15, -0.1) is 0 Å². The van der Waals surface area contributed by atoms with Crippen LogP contribution in [0.2, 0.25) is 0 Å². The minimum atomic E-state index is 0.913. The van der Waals surface area contributed by atoms with Crippen molar-refractivity contribution in [3.63, 3.8) is 0 Å². The van der Waals surface area contributed by atoms with Crippen LogP contribution in [0.25, 0.3) is 0 Å². The molecule has 0 saturated carbocycles. The molecule has 0 aliphatic heterocycles. The van der Waals surface area contributed by atoms with E-state index in [-0.39, 0.29) is 0 Å². The summed E-state index contributed by atoms with van der Waals surface area (Å²) in [5, 5.41) is 3.43. The summed E-state index contributed by atoms with van der Waals surface area (Å²) >= 11 is 0. The molecule has 3 heteroatoms. The Morgan fingerprint density at radius 2 is 1.90 bits per heavy atom. The van der Waals surface area contributed by atoms with Gasteiger partial charge in [-0.2, -0.15) is 0 Å².